The summed E-state index contributed by atoms with van der Waals surface area (Å²) in [5.41, 5.74) is 0.707. The molecule has 0 spiro atoms. The van der Waals surface area contributed by atoms with Gasteiger partial charge in [-0.2, -0.15) is 4.31 Å². The zero-order valence-corrected chi connectivity index (χ0v) is 16.9. The second-order valence-electron chi connectivity index (χ2n) is 6.06. The molecule has 146 valence electrons. The number of nitrogens with zero attached hydrogens (tertiary/aromatic N) is 1. The molecule has 2 aromatic carbocycles. The Balaban J connectivity index is 1.92. The van der Waals surface area contributed by atoms with Crippen LogP contribution in [0.4, 0.5) is 5.69 Å². The van der Waals surface area contributed by atoms with Crippen LogP contribution in [0, 0.1) is 6.92 Å². The minimum Gasteiger partial charge on any atom is -0.379 e. The number of halogens is 1. The Morgan fingerprint density at radius 1 is 1.00 bits per heavy atom. The van der Waals surface area contributed by atoms with E-state index in [1.165, 1.54) is 40.7 Å². The van der Waals surface area contributed by atoms with Gasteiger partial charge in [-0.15, -0.1) is 0 Å². The molecule has 0 aliphatic carbocycles. The third-order valence-electron chi connectivity index (χ3n) is 4.15. The van der Waals surface area contributed by atoms with Gasteiger partial charge in [-0.1, -0.05) is 17.7 Å². The number of ether oxygens (including phenoxy) is 1. The van der Waals surface area contributed by atoms with Crippen molar-refractivity contribution in [1.82, 2.24) is 4.31 Å². The highest BCUT2D eigenvalue weighted by Crippen LogP contribution is 2.26. The maximum atomic E-state index is 12.9. The summed E-state index contributed by atoms with van der Waals surface area (Å²) >= 11 is 5.79. The van der Waals surface area contributed by atoms with E-state index in [1.54, 1.807) is 13.0 Å². The third-order valence-corrected chi connectivity index (χ3v) is 7.84. The van der Waals surface area contributed by atoms with E-state index in [9.17, 15) is 16.8 Å². The Kier molecular flexibility index (Phi) is 5.78. The van der Waals surface area contributed by atoms with E-state index in [0.717, 1.165) is 0 Å². The van der Waals surface area contributed by atoms with Crippen LogP contribution < -0.4 is 4.72 Å². The van der Waals surface area contributed by atoms with Crippen LogP contribution >= 0.6 is 11.6 Å². The molecule has 0 amide bonds. The minimum atomic E-state index is -3.87. The van der Waals surface area contributed by atoms with Gasteiger partial charge in [-0.3, -0.25) is 4.72 Å². The van der Waals surface area contributed by atoms with Crippen LogP contribution in [-0.4, -0.2) is 47.4 Å². The quantitative estimate of drug-likeness (QED) is 0.786. The van der Waals surface area contributed by atoms with Gasteiger partial charge in [-0.05, 0) is 48.9 Å². The van der Waals surface area contributed by atoms with Crippen LogP contribution in [0.5, 0.6) is 0 Å². The molecule has 27 heavy (non-hydrogen) atoms. The Morgan fingerprint density at radius 3 is 2.26 bits per heavy atom. The van der Waals surface area contributed by atoms with Crippen molar-refractivity contribution in [2.45, 2.75) is 16.7 Å². The maximum Gasteiger partial charge on any atom is 0.261 e. The Labute approximate surface area is 164 Å². The lowest BCUT2D eigenvalue weighted by Gasteiger charge is -2.26. The first kappa shape index (κ1) is 20.1. The molecular weight excluding hydrogens is 412 g/mol. The maximum absolute atomic E-state index is 12.9. The van der Waals surface area contributed by atoms with Gasteiger partial charge < -0.3 is 4.74 Å². The van der Waals surface area contributed by atoms with Crippen LogP contribution in [0.25, 0.3) is 0 Å². The van der Waals surface area contributed by atoms with Crippen LogP contribution in [-0.2, 0) is 24.8 Å². The van der Waals surface area contributed by atoms with Crippen molar-refractivity contribution in [3.05, 3.63) is 53.1 Å². The first-order valence-electron chi connectivity index (χ1n) is 8.17. The molecule has 1 fully saturated rings. The van der Waals surface area contributed by atoms with Crippen molar-refractivity contribution in [3.8, 4) is 0 Å². The molecule has 2 aromatic rings. The van der Waals surface area contributed by atoms with E-state index in [1.807, 2.05) is 0 Å². The number of sulfonamides is 2. The predicted molar refractivity (Wildman–Crippen MR) is 103 cm³/mol. The molecule has 0 unspecified atom stereocenters. The zero-order chi connectivity index (χ0) is 19.7. The monoisotopic (exact) mass is 430 g/mol. The molecule has 0 bridgehead atoms. The second-order valence-corrected chi connectivity index (χ2v) is 10.1. The lowest BCUT2D eigenvalue weighted by molar-refractivity contribution is 0.0730. The number of rotatable bonds is 5. The van der Waals surface area contributed by atoms with Gasteiger partial charge >= 0.3 is 0 Å². The van der Waals surface area contributed by atoms with Crippen molar-refractivity contribution in [3.63, 3.8) is 0 Å². The molecule has 1 saturated heterocycles. The lowest BCUT2D eigenvalue weighted by atomic mass is 10.2. The fourth-order valence-corrected chi connectivity index (χ4v) is 5.53. The summed E-state index contributed by atoms with van der Waals surface area (Å²) in [7, 11) is -7.61. The number of nitrogens with one attached hydrogen (secondary N) is 1. The molecule has 1 heterocycles. The van der Waals surface area contributed by atoms with E-state index in [2.05, 4.69) is 4.72 Å². The molecule has 7 nitrogen and oxygen atoms in total. The molecule has 1 aliphatic rings. The molecular formula is C17H19ClN2O5S2. The Hall–Kier alpha value is -1.65. The third kappa shape index (κ3) is 4.44. The van der Waals surface area contributed by atoms with Crippen LogP contribution in [0.3, 0.4) is 0 Å². The highest BCUT2D eigenvalue weighted by molar-refractivity contribution is 7.92. The summed E-state index contributed by atoms with van der Waals surface area (Å²) in [6, 6.07) is 10.1. The molecule has 0 radical (unpaired) electrons. The van der Waals surface area contributed by atoms with Crippen molar-refractivity contribution in [1.29, 1.82) is 0 Å². The van der Waals surface area contributed by atoms with Crippen molar-refractivity contribution >= 4 is 37.3 Å². The second kappa shape index (κ2) is 7.76. The van der Waals surface area contributed by atoms with Gasteiger partial charge in [-0.25, -0.2) is 16.8 Å². The Morgan fingerprint density at radius 2 is 1.63 bits per heavy atom. The van der Waals surface area contributed by atoms with Gasteiger partial charge in [0.05, 0.1) is 28.7 Å². The predicted octanol–water partition coefficient (Wildman–Crippen LogP) is 2.47. The smallest absolute Gasteiger partial charge is 0.261 e. The minimum absolute atomic E-state index is 0.0325. The summed E-state index contributed by atoms with van der Waals surface area (Å²) in [5, 5.41) is 0.420. The van der Waals surface area contributed by atoms with Gasteiger partial charge in [0.1, 0.15) is 0 Å². The number of morpholine rings is 1. The molecule has 3 rings (SSSR count). The lowest BCUT2D eigenvalue weighted by Crippen LogP contribution is -2.40. The highest BCUT2D eigenvalue weighted by atomic mass is 35.5. The van der Waals surface area contributed by atoms with Crippen molar-refractivity contribution in [2.24, 2.45) is 0 Å². The first-order chi connectivity index (χ1) is 12.7. The van der Waals surface area contributed by atoms with Crippen LogP contribution in [0.15, 0.2) is 52.3 Å². The van der Waals surface area contributed by atoms with Gasteiger partial charge in [0.15, 0.2) is 0 Å². The van der Waals surface area contributed by atoms with Crippen molar-refractivity contribution in [2.75, 3.05) is 31.0 Å². The van der Waals surface area contributed by atoms with E-state index >= 15 is 0 Å². The number of hydrogen-bond acceptors (Lipinski definition) is 5. The molecule has 0 saturated carbocycles. The SMILES string of the molecule is Cc1ccc(NS(=O)(=O)c2ccc(Cl)cc2)cc1S(=O)(=O)N1CCOCC1. The molecule has 1 N–H and O–H groups in total. The van der Waals surface area contributed by atoms with Gasteiger partial charge in [0.25, 0.3) is 10.0 Å². The fourth-order valence-electron chi connectivity index (χ4n) is 2.70. The summed E-state index contributed by atoms with van der Waals surface area (Å²) in [5.74, 6) is 0. The van der Waals surface area contributed by atoms with Crippen LogP contribution in [0.2, 0.25) is 5.02 Å². The normalized spacial score (nSPS) is 16.2. The van der Waals surface area contributed by atoms with E-state index in [4.69, 9.17) is 16.3 Å². The average Bonchev–Trinajstić information content (AvgIpc) is 2.64. The van der Waals surface area contributed by atoms with E-state index in [0.29, 0.717) is 23.8 Å². The number of hydrogen-bond donors (Lipinski definition) is 1. The Bertz CT molecular complexity index is 1030. The summed E-state index contributed by atoms with van der Waals surface area (Å²) < 4.78 is 59.8. The summed E-state index contributed by atoms with van der Waals surface area (Å²) in [4.78, 5) is 0.103. The van der Waals surface area contributed by atoms with Crippen LogP contribution in [0.1, 0.15) is 5.56 Å². The zero-order valence-electron chi connectivity index (χ0n) is 14.6. The number of anilines is 1. The number of benzene rings is 2. The standard InChI is InChI=1S/C17H19ClN2O5S2/c1-13-2-5-15(19-26(21,22)16-6-3-14(18)4-7-16)12-17(13)27(23,24)20-8-10-25-11-9-20/h2-7,12,19H,8-11H2,1H3. The first-order valence-corrected chi connectivity index (χ1v) is 11.5. The molecule has 0 atom stereocenters. The number of aryl methyl sites for hydroxylation is 1. The van der Waals surface area contributed by atoms with E-state index in [-0.39, 0.29) is 28.6 Å². The topological polar surface area (TPSA) is 92.8 Å². The fraction of sp³-hybridized carbons (Fsp3) is 0.294. The average molecular weight is 431 g/mol. The molecule has 0 aromatic heterocycles. The summed E-state index contributed by atoms with van der Waals surface area (Å²) in [6.07, 6.45) is 0. The largest absolute Gasteiger partial charge is 0.379 e. The van der Waals surface area contributed by atoms with Gasteiger partial charge in [0, 0.05) is 18.1 Å². The highest BCUT2D eigenvalue weighted by Gasteiger charge is 2.28. The molecule has 1 aliphatic heterocycles. The van der Waals surface area contributed by atoms with E-state index < -0.39 is 20.0 Å². The molecule has 10 heteroatoms. The van der Waals surface area contributed by atoms with Crippen molar-refractivity contribution < 1.29 is 21.6 Å². The van der Waals surface area contributed by atoms with Gasteiger partial charge in [0.2, 0.25) is 10.0 Å². The summed E-state index contributed by atoms with van der Waals surface area (Å²) in [6.45, 7) is 2.87.